The summed E-state index contributed by atoms with van der Waals surface area (Å²) in [6, 6.07) is 22.0. The first-order valence-electron chi connectivity index (χ1n) is 15.8. The highest BCUT2D eigenvalue weighted by Crippen LogP contribution is 2.22. The lowest BCUT2D eigenvalue weighted by Crippen LogP contribution is -2.57. The van der Waals surface area contributed by atoms with Gasteiger partial charge in [-0.2, -0.15) is 9.21 Å². The number of aliphatic hydroxyl groups excluding tert-OH is 1. The lowest BCUT2D eigenvalue weighted by Gasteiger charge is -2.35. The minimum atomic E-state index is -4.08. The summed E-state index contributed by atoms with van der Waals surface area (Å²) in [6.07, 6.45) is -1.91. The summed E-state index contributed by atoms with van der Waals surface area (Å²) >= 11 is 0. The summed E-state index contributed by atoms with van der Waals surface area (Å²) in [7, 11) is -4.08. The van der Waals surface area contributed by atoms with Gasteiger partial charge >= 0.3 is 6.09 Å². The van der Waals surface area contributed by atoms with Gasteiger partial charge in [0.05, 0.1) is 17.0 Å². The maximum absolute atomic E-state index is 14.1. The maximum Gasteiger partial charge on any atom is 0.408 e. The Kier molecular flexibility index (Phi) is 14.1. The van der Waals surface area contributed by atoms with Crippen LogP contribution in [0.1, 0.15) is 50.8 Å². The number of nitroso groups, excluding NO2 is 1. The van der Waals surface area contributed by atoms with E-state index in [1.165, 1.54) is 28.6 Å². The molecule has 0 saturated carbocycles. The third-order valence-corrected chi connectivity index (χ3v) is 9.93. The second kappa shape index (κ2) is 17.7. The Morgan fingerprint density at radius 2 is 1.43 bits per heavy atom. The third-order valence-electron chi connectivity index (χ3n) is 8.09. The highest BCUT2D eigenvalue weighted by atomic mass is 32.2. The molecule has 0 aliphatic carbocycles. The molecule has 0 aliphatic rings. The molecular formula is C35H46N4O7S. The molecule has 3 N–H and O–H groups in total. The number of benzene rings is 3. The maximum atomic E-state index is 14.1. The zero-order valence-corrected chi connectivity index (χ0v) is 28.2. The first kappa shape index (κ1) is 37.3. The molecule has 0 unspecified atom stereocenters. The Labute approximate surface area is 277 Å². The van der Waals surface area contributed by atoms with Crippen molar-refractivity contribution >= 4 is 22.0 Å². The molecule has 0 aliphatic heterocycles. The van der Waals surface area contributed by atoms with Gasteiger partial charge in [0, 0.05) is 19.6 Å². The second-order valence-electron chi connectivity index (χ2n) is 12.2. The van der Waals surface area contributed by atoms with Crippen LogP contribution in [-0.2, 0) is 34.3 Å². The predicted octanol–water partition coefficient (Wildman–Crippen LogP) is 5.28. The molecule has 254 valence electrons. The molecule has 2 amide bonds. The van der Waals surface area contributed by atoms with Crippen LogP contribution in [0.3, 0.4) is 0 Å². The van der Waals surface area contributed by atoms with Crippen LogP contribution in [0, 0.1) is 16.7 Å². The number of carbonyl (C=O) groups is 2. The number of aliphatic hydroxyl groups is 1. The van der Waals surface area contributed by atoms with Gasteiger partial charge in [-0.1, -0.05) is 112 Å². The van der Waals surface area contributed by atoms with Crippen LogP contribution in [0.15, 0.2) is 95.0 Å². The van der Waals surface area contributed by atoms with Gasteiger partial charge < -0.3 is 15.5 Å². The first-order chi connectivity index (χ1) is 22.4. The van der Waals surface area contributed by atoms with E-state index >= 15 is 0 Å². The highest BCUT2D eigenvalue weighted by molar-refractivity contribution is 7.89. The van der Waals surface area contributed by atoms with Crippen LogP contribution in [0.25, 0.3) is 0 Å². The van der Waals surface area contributed by atoms with Crippen molar-refractivity contribution in [2.75, 3.05) is 13.1 Å². The van der Waals surface area contributed by atoms with E-state index in [9.17, 15) is 33.1 Å². The number of sulfonamides is 1. The van der Waals surface area contributed by atoms with Gasteiger partial charge in [-0.05, 0) is 47.1 Å². The topological polar surface area (TPSA) is 157 Å². The molecule has 11 nitrogen and oxygen atoms in total. The zero-order valence-electron chi connectivity index (χ0n) is 27.4. The molecule has 0 saturated heterocycles. The van der Waals surface area contributed by atoms with Crippen LogP contribution in [0.5, 0.6) is 0 Å². The Bertz CT molecular complexity index is 1540. The Morgan fingerprint density at radius 1 is 0.851 bits per heavy atom. The van der Waals surface area contributed by atoms with Crippen molar-refractivity contribution in [3.63, 3.8) is 0 Å². The molecule has 0 bridgehead atoms. The summed E-state index contributed by atoms with van der Waals surface area (Å²) in [5, 5.41) is 27.7. The number of hydrogen-bond donors (Lipinski definition) is 3. The summed E-state index contributed by atoms with van der Waals surface area (Å²) in [5.74, 6) is -1.02. The molecular weight excluding hydrogens is 620 g/mol. The quantitative estimate of drug-likeness (QED) is 0.156. The van der Waals surface area contributed by atoms with Crippen LogP contribution >= 0.6 is 0 Å². The van der Waals surface area contributed by atoms with Gasteiger partial charge in [0.15, 0.2) is 0 Å². The molecule has 0 spiro atoms. The number of rotatable bonds is 18. The Hall–Kier alpha value is -4.13. The summed E-state index contributed by atoms with van der Waals surface area (Å²) in [5.41, 5.74) is 2.09. The van der Waals surface area contributed by atoms with Gasteiger partial charge in [-0.15, -0.1) is 0 Å². The molecule has 4 atom stereocenters. The third kappa shape index (κ3) is 10.7. The molecule has 3 aromatic rings. The standard InChI is InChI=1S/C35H46N4O7S/c1-5-26(4)33(39(35(42)43)23-29-14-10-7-11-15-29)34(41)37-31(20-27-12-8-6-9-13-27)32(40)24-38(22-25(2)3)47(45,46)30-18-16-28(17-19-30)21-36-44/h6-19,25-26,31-33,40H,5,20-24H2,1-4H3,(H,37,41)(H,42,43)/t26-,31-,32+,33-/m0/s1. The average Bonchev–Trinajstić information content (AvgIpc) is 3.04. The van der Waals surface area contributed by atoms with Crippen molar-refractivity contribution in [2.24, 2.45) is 17.0 Å². The van der Waals surface area contributed by atoms with Crippen molar-refractivity contribution in [2.45, 2.75) is 76.7 Å². The van der Waals surface area contributed by atoms with E-state index in [-0.39, 0.29) is 49.3 Å². The SMILES string of the molecule is CC[C@H](C)[C@@H](C(=O)N[C@@H](Cc1ccccc1)[C@H](O)CN(CC(C)C)S(=O)(=O)c1ccc(CN=O)cc1)N(Cc1ccccc1)C(=O)O. The van der Waals surface area contributed by atoms with Crippen molar-refractivity contribution in [1.29, 1.82) is 0 Å². The molecule has 0 radical (unpaired) electrons. The number of nitrogens with zero attached hydrogens (tertiary/aromatic N) is 3. The molecule has 3 aromatic carbocycles. The van der Waals surface area contributed by atoms with Gasteiger partial charge in [-0.25, -0.2) is 13.2 Å². The second-order valence-corrected chi connectivity index (χ2v) is 14.2. The van der Waals surface area contributed by atoms with Crippen LogP contribution < -0.4 is 5.32 Å². The van der Waals surface area contributed by atoms with E-state index in [0.29, 0.717) is 12.0 Å². The minimum Gasteiger partial charge on any atom is -0.465 e. The number of nitrogens with one attached hydrogen (secondary N) is 1. The lowest BCUT2D eigenvalue weighted by atomic mass is 9.94. The fraction of sp³-hybridized carbons (Fsp3) is 0.429. The number of hydrogen-bond acceptors (Lipinski definition) is 7. The number of carboxylic acid groups (broad SMARTS) is 1. The van der Waals surface area contributed by atoms with Crippen molar-refractivity contribution in [1.82, 2.24) is 14.5 Å². The summed E-state index contributed by atoms with van der Waals surface area (Å²) in [6.45, 7) is 7.09. The van der Waals surface area contributed by atoms with Crippen LogP contribution in [0.4, 0.5) is 4.79 Å². The number of amides is 2. The van der Waals surface area contributed by atoms with Crippen molar-refractivity contribution < 1.29 is 28.2 Å². The minimum absolute atomic E-state index is 0.00140. The Balaban J connectivity index is 1.95. The predicted molar refractivity (Wildman–Crippen MR) is 181 cm³/mol. The van der Waals surface area contributed by atoms with Gasteiger partial charge in [0.2, 0.25) is 15.9 Å². The van der Waals surface area contributed by atoms with E-state index < -0.39 is 40.2 Å². The zero-order chi connectivity index (χ0) is 34.6. The Morgan fingerprint density at radius 3 is 1.94 bits per heavy atom. The highest BCUT2D eigenvalue weighted by Gasteiger charge is 2.37. The molecule has 47 heavy (non-hydrogen) atoms. The fourth-order valence-corrected chi connectivity index (χ4v) is 7.04. The van der Waals surface area contributed by atoms with Gasteiger partial charge in [0.25, 0.3) is 0 Å². The van der Waals surface area contributed by atoms with E-state index in [1.54, 1.807) is 31.2 Å². The van der Waals surface area contributed by atoms with E-state index in [2.05, 4.69) is 10.5 Å². The molecule has 3 rings (SSSR count). The summed E-state index contributed by atoms with van der Waals surface area (Å²) < 4.78 is 28.8. The largest absolute Gasteiger partial charge is 0.465 e. The monoisotopic (exact) mass is 666 g/mol. The van der Waals surface area contributed by atoms with E-state index in [1.807, 2.05) is 57.2 Å². The van der Waals surface area contributed by atoms with Crippen LogP contribution in [0.2, 0.25) is 0 Å². The first-order valence-corrected chi connectivity index (χ1v) is 17.2. The smallest absolute Gasteiger partial charge is 0.408 e. The normalized spacial score (nSPS) is 14.3. The molecule has 0 fully saturated rings. The molecule has 12 heteroatoms. The lowest BCUT2D eigenvalue weighted by molar-refractivity contribution is -0.129. The van der Waals surface area contributed by atoms with Crippen molar-refractivity contribution in [3.8, 4) is 0 Å². The van der Waals surface area contributed by atoms with Gasteiger partial charge in [-0.3, -0.25) is 9.69 Å². The van der Waals surface area contributed by atoms with Crippen LogP contribution in [-0.4, -0.2) is 71.1 Å². The van der Waals surface area contributed by atoms with Gasteiger partial charge in [0.1, 0.15) is 12.6 Å². The van der Waals surface area contributed by atoms with E-state index in [0.717, 1.165) is 16.0 Å². The van der Waals surface area contributed by atoms with E-state index in [4.69, 9.17) is 0 Å². The molecule has 0 aromatic heterocycles. The average molecular weight is 667 g/mol. The summed E-state index contributed by atoms with van der Waals surface area (Å²) in [4.78, 5) is 38.4. The number of carbonyl (C=O) groups excluding carboxylic acids is 1. The molecule has 0 heterocycles. The fourth-order valence-electron chi connectivity index (χ4n) is 5.42. The van der Waals surface area contributed by atoms with Crippen molar-refractivity contribution in [3.05, 3.63) is 107 Å².